The average molecular weight is 517 g/mol. The van der Waals surface area contributed by atoms with Crippen LogP contribution >= 0.6 is 23.4 Å². The first-order chi connectivity index (χ1) is 17.4. The SMILES string of the molecule is Cc1nn(-c2ccccc2)c(Cl)c1C(=O)Nc1ccccc1SCC(=O)N1c2ccccc2C[C@@H]1C. The van der Waals surface area contributed by atoms with Gasteiger partial charge >= 0.3 is 0 Å². The van der Waals surface area contributed by atoms with Gasteiger partial charge in [-0.2, -0.15) is 5.10 Å². The molecule has 8 heteroatoms. The molecule has 0 aliphatic carbocycles. The fourth-order valence-corrected chi connectivity index (χ4v) is 5.76. The highest BCUT2D eigenvalue weighted by atomic mass is 35.5. The summed E-state index contributed by atoms with van der Waals surface area (Å²) >= 11 is 7.99. The highest BCUT2D eigenvalue weighted by Gasteiger charge is 2.30. The maximum Gasteiger partial charge on any atom is 0.260 e. The van der Waals surface area contributed by atoms with Crippen molar-refractivity contribution >= 4 is 46.6 Å². The van der Waals surface area contributed by atoms with Gasteiger partial charge in [0.05, 0.1) is 22.8 Å². The number of aromatic nitrogens is 2. The largest absolute Gasteiger partial charge is 0.321 e. The highest BCUT2D eigenvalue weighted by molar-refractivity contribution is 8.00. The van der Waals surface area contributed by atoms with Gasteiger partial charge in [-0.25, -0.2) is 4.68 Å². The highest BCUT2D eigenvalue weighted by Crippen LogP contribution is 2.34. The Morgan fingerprint density at radius 2 is 1.72 bits per heavy atom. The van der Waals surface area contributed by atoms with E-state index in [0.717, 1.165) is 22.7 Å². The van der Waals surface area contributed by atoms with E-state index in [1.54, 1.807) is 11.6 Å². The summed E-state index contributed by atoms with van der Waals surface area (Å²) in [5.41, 5.74) is 4.43. The number of aryl methyl sites for hydroxylation is 1. The van der Waals surface area contributed by atoms with Crippen LogP contribution in [0.5, 0.6) is 0 Å². The Bertz CT molecular complexity index is 1440. The summed E-state index contributed by atoms with van der Waals surface area (Å²) in [5, 5.41) is 7.68. The maximum absolute atomic E-state index is 13.2. The Balaban J connectivity index is 1.32. The molecule has 0 bridgehead atoms. The molecule has 5 rings (SSSR count). The lowest BCUT2D eigenvalue weighted by molar-refractivity contribution is -0.116. The molecule has 1 aliphatic heterocycles. The Morgan fingerprint density at radius 3 is 2.53 bits per heavy atom. The van der Waals surface area contributed by atoms with Crippen molar-refractivity contribution < 1.29 is 9.59 Å². The summed E-state index contributed by atoms with van der Waals surface area (Å²) in [4.78, 5) is 29.1. The summed E-state index contributed by atoms with van der Waals surface area (Å²) in [7, 11) is 0. The predicted molar refractivity (Wildman–Crippen MR) is 146 cm³/mol. The third-order valence-electron chi connectivity index (χ3n) is 6.19. The first-order valence-electron chi connectivity index (χ1n) is 11.7. The summed E-state index contributed by atoms with van der Waals surface area (Å²) < 4.78 is 1.56. The van der Waals surface area contributed by atoms with E-state index >= 15 is 0 Å². The smallest absolute Gasteiger partial charge is 0.260 e. The van der Waals surface area contributed by atoms with Crippen LogP contribution in [-0.2, 0) is 11.2 Å². The number of hydrogen-bond acceptors (Lipinski definition) is 4. The number of fused-ring (bicyclic) bond motifs is 1. The van der Waals surface area contributed by atoms with Gasteiger partial charge in [0.15, 0.2) is 0 Å². The van der Waals surface area contributed by atoms with Gasteiger partial charge < -0.3 is 10.2 Å². The summed E-state index contributed by atoms with van der Waals surface area (Å²) in [6, 6.07) is 25.1. The van der Waals surface area contributed by atoms with Gasteiger partial charge in [-0.05, 0) is 56.2 Å². The van der Waals surface area contributed by atoms with Crippen LogP contribution in [0.1, 0.15) is 28.5 Å². The van der Waals surface area contributed by atoms with E-state index in [4.69, 9.17) is 11.6 Å². The fraction of sp³-hybridized carbons (Fsp3) is 0.179. The number of hydrogen-bond donors (Lipinski definition) is 1. The van der Waals surface area contributed by atoms with Crippen molar-refractivity contribution in [3.63, 3.8) is 0 Å². The molecule has 0 radical (unpaired) electrons. The molecule has 6 nitrogen and oxygen atoms in total. The zero-order valence-corrected chi connectivity index (χ0v) is 21.5. The molecule has 1 aromatic heterocycles. The van der Waals surface area contributed by atoms with Gasteiger partial charge in [0, 0.05) is 16.6 Å². The molecule has 1 N–H and O–H groups in total. The lowest BCUT2D eigenvalue weighted by atomic mass is 10.1. The number of para-hydroxylation sites is 3. The van der Waals surface area contributed by atoms with Crippen molar-refractivity contribution in [1.82, 2.24) is 9.78 Å². The van der Waals surface area contributed by atoms with Crippen LogP contribution < -0.4 is 10.2 Å². The minimum Gasteiger partial charge on any atom is -0.321 e. The number of carbonyl (C=O) groups excluding carboxylic acids is 2. The number of nitrogens with one attached hydrogen (secondary N) is 1. The van der Waals surface area contributed by atoms with E-state index in [1.807, 2.05) is 77.7 Å². The molecular weight excluding hydrogens is 492 g/mol. The van der Waals surface area contributed by atoms with Gasteiger partial charge in [0.2, 0.25) is 5.91 Å². The third-order valence-corrected chi connectivity index (χ3v) is 7.60. The number of benzene rings is 3. The number of anilines is 2. The van der Waals surface area contributed by atoms with Crippen LogP contribution in [0.25, 0.3) is 5.69 Å². The fourth-order valence-electron chi connectivity index (χ4n) is 4.53. The standard InChI is InChI=1S/C28H25ClN4O2S/c1-18-16-20-10-6-8-14-23(20)32(18)25(34)17-36-24-15-9-7-13-22(24)30-28(35)26-19(2)31-33(27(26)29)21-11-4-3-5-12-21/h3-15,18H,16-17H2,1-2H3,(H,30,35)/t18-/m0/s1. The molecule has 1 aliphatic rings. The van der Waals surface area contributed by atoms with Gasteiger partial charge in [0.1, 0.15) is 10.7 Å². The molecule has 3 aromatic carbocycles. The predicted octanol–water partition coefficient (Wildman–Crippen LogP) is 6.16. The van der Waals surface area contributed by atoms with E-state index in [1.165, 1.54) is 17.3 Å². The number of thioether (sulfide) groups is 1. The van der Waals surface area contributed by atoms with E-state index < -0.39 is 0 Å². The van der Waals surface area contributed by atoms with Crippen molar-refractivity contribution in [3.8, 4) is 5.69 Å². The molecule has 182 valence electrons. The number of carbonyl (C=O) groups is 2. The topological polar surface area (TPSA) is 67.2 Å². The summed E-state index contributed by atoms with van der Waals surface area (Å²) in [6.45, 7) is 3.83. The molecule has 4 aromatic rings. The molecule has 0 fully saturated rings. The van der Waals surface area contributed by atoms with Crippen molar-refractivity contribution in [2.75, 3.05) is 16.0 Å². The van der Waals surface area contributed by atoms with Crippen LogP contribution in [0.2, 0.25) is 5.15 Å². The normalized spacial score (nSPS) is 14.5. The van der Waals surface area contributed by atoms with E-state index in [-0.39, 0.29) is 28.8 Å². The molecule has 36 heavy (non-hydrogen) atoms. The number of rotatable bonds is 6. The second-order valence-corrected chi connectivity index (χ2v) is 10.1. The Morgan fingerprint density at radius 1 is 1.03 bits per heavy atom. The quantitative estimate of drug-likeness (QED) is 0.312. The zero-order valence-electron chi connectivity index (χ0n) is 19.9. The molecule has 2 amide bonds. The van der Waals surface area contributed by atoms with Crippen molar-refractivity contribution in [3.05, 3.63) is 101 Å². The Labute approximate surface area is 219 Å². The minimum absolute atomic E-state index is 0.0432. The second-order valence-electron chi connectivity index (χ2n) is 8.68. The molecule has 0 unspecified atom stereocenters. The molecular formula is C28H25ClN4O2S. The lowest BCUT2D eigenvalue weighted by Gasteiger charge is -2.22. The second kappa shape index (κ2) is 10.2. The van der Waals surface area contributed by atoms with Crippen LogP contribution in [-0.4, -0.2) is 33.4 Å². The molecule has 0 spiro atoms. The Hall–Kier alpha value is -3.55. The zero-order chi connectivity index (χ0) is 25.2. The van der Waals surface area contributed by atoms with Gasteiger partial charge in [-0.15, -0.1) is 11.8 Å². The van der Waals surface area contributed by atoms with Crippen LogP contribution in [0.3, 0.4) is 0 Å². The van der Waals surface area contributed by atoms with Crippen molar-refractivity contribution in [1.29, 1.82) is 0 Å². The van der Waals surface area contributed by atoms with E-state index in [9.17, 15) is 9.59 Å². The van der Waals surface area contributed by atoms with Crippen LogP contribution in [0.15, 0.2) is 83.8 Å². The molecule has 0 saturated heterocycles. The van der Waals surface area contributed by atoms with Crippen molar-refractivity contribution in [2.24, 2.45) is 0 Å². The molecule has 2 heterocycles. The van der Waals surface area contributed by atoms with Gasteiger partial charge in [-0.3, -0.25) is 9.59 Å². The molecule has 1 atom stereocenters. The lowest BCUT2D eigenvalue weighted by Crippen LogP contribution is -2.36. The summed E-state index contributed by atoms with van der Waals surface area (Å²) in [5.74, 6) is -0.0418. The van der Waals surface area contributed by atoms with Crippen molar-refractivity contribution in [2.45, 2.75) is 31.2 Å². The Kier molecular flexibility index (Phi) is 6.85. The summed E-state index contributed by atoms with van der Waals surface area (Å²) in [6.07, 6.45) is 0.857. The number of nitrogens with zero attached hydrogens (tertiary/aromatic N) is 3. The minimum atomic E-state index is -0.346. The number of amides is 2. The van der Waals surface area contributed by atoms with E-state index in [0.29, 0.717) is 16.9 Å². The van der Waals surface area contributed by atoms with Crippen LogP contribution in [0.4, 0.5) is 11.4 Å². The monoisotopic (exact) mass is 516 g/mol. The maximum atomic E-state index is 13.2. The average Bonchev–Trinajstić information content (AvgIpc) is 3.38. The first kappa shape index (κ1) is 24.2. The number of halogens is 1. The molecule has 0 saturated carbocycles. The first-order valence-corrected chi connectivity index (χ1v) is 13.0. The third kappa shape index (κ3) is 4.64. The van der Waals surface area contributed by atoms with Crippen LogP contribution in [0, 0.1) is 6.92 Å². The van der Waals surface area contributed by atoms with Gasteiger partial charge in [0.25, 0.3) is 5.91 Å². The van der Waals surface area contributed by atoms with E-state index in [2.05, 4.69) is 23.4 Å². The van der Waals surface area contributed by atoms with Gasteiger partial charge in [-0.1, -0.05) is 60.1 Å².